The number of rotatable bonds is 13. The van der Waals surface area contributed by atoms with Crippen molar-refractivity contribution in [2.24, 2.45) is 0 Å². The van der Waals surface area contributed by atoms with Gasteiger partial charge in [0.05, 0.1) is 11.4 Å². The Kier molecular flexibility index (Phi) is 10.1. The maximum atomic E-state index is 14.2. The van der Waals surface area contributed by atoms with E-state index in [0.29, 0.717) is 28.6 Å². The maximum absolute atomic E-state index is 14.2. The van der Waals surface area contributed by atoms with Gasteiger partial charge in [-0.2, -0.15) is 0 Å². The molecular weight excluding hydrogens is 566 g/mol. The van der Waals surface area contributed by atoms with Crippen LogP contribution in [0.15, 0.2) is 72.8 Å². The molecule has 0 aliphatic carbocycles. The van der Waals surface area contributed by atoms with E-state index in [0.717, 1.165) is 16.3 Å². The van der Waals surface area contributed by atoms with Crippen LogP contribution in [-0.4, -0.2) is 56.8 Å². The van der Waals surface area contributed by atoms with Crippen LogP contribution in [0.1, 0.15) is 31.4 Å². The fourth-order valence-electron chi connectivity index (χ4n) is 4.49. The first-order valence-corrected chi connectivity index (χ1v) is 15.5. The molecule has 1 N–H and O–H groups in total. The van der Waals surface area contributed by atoms with E-state index < -0.39 is 28.5 Å². The summed E-state index contributed by atoms with van der Waals surface area (Å²) in [6, 6.07) is 20.3. The van der Waals surface area contributed by atoms with Crippen LogP contribution in [0.2, 0.25) is 5.02 Å². The van der Waals surface area contributed by atoms with Gasteiger partial charge >= 0.3 is 0 Å². The zero-order valence-electron chi connectivity index (χ0n) is 23.1. The summed E-state index contributed by atoms with van der Waals surface area (Å²) in [6.07, 6.45) is 0.950. The zero-order chi connectivity index (χ0) is 29.4. The second-order valence-electron chi connectivity index (χ2n) is 9.55. The van der Waals surface area contributed by atoms with Crippen molar-refractivity contribution in [1.82, 2.24) is 10.2 Å². The largest absolute Gasteiger partial charge is 0.454 e. The quantitative estimate of drug-likeness (QED) is 0.312. The van der Waals surface area contributed by atoms with Crippen molar-refractivity contribution >= 4 is 39.1 Å². The molecule has 4 rings (SSSR count). The van der Waals surface area contributed by atoms with E-state index in [1.165, 1.54) is 17.9 Å². The molecule has 0 saturated heterocycles. The number of carbonyl (C=O) groups is 2. The van der Waals surface area contributed by atoms with Crippen LogP contribution in [0.3, 0.4) is 0 Å². The highest BCUT2D eigenvalue weighted by atomic mass is 35.5. The molecule has 9 nitrogen and oxygen atoms in total. The minimum Gasteiger partial charge on any atom is -0.454 e. The molecule has 0 saturated carbocycles. The SMILES string of the molecule is CCCNC(=O)C(Cc1ccccc1)N(Cc1ccccc1Cl)C(=O)CN(c1ccc2c(c1)OCO2)S(=O)(=O)CC. The molecule has 41 heavy (non-hydrogen) atoms. The number of nitrogens with one attached hydrogen (secondary N) is 1. The average Bonchev–Trinajstić information content (AvgIpc) is 3.45. The summed E-state index contributed by atoms with van der Waals surface area (Å²) in [4.78, 5) is 29.2. The molecule has 3 aromatic rings. The monoisotopic (exact) mass is 599 g/mol. The summed E-state index contributed by atoms with van der Waals surface area (Å²) in [5, 5.41) is 3.35. The van der Waals surface area contributed by atoms with Gasteiger partial charge in [-0.05, 0) is 42.7 Å². The summed E-state index contributed by atoms with van der Waals surface area (Å²) in [7, 11) is -3.90. The van der Waals surface area contributed by atoms with Gasteiger partial charge in [0.25, 0.3) is 0 Å². The lowest BCUT2D eigenvalue weighted by Gasteiger charge is -2.34. The Labute approximate surface area is 246 Å². The Hall–Kier alpha value is -3.76. The number of hydrogen-bond acceptors (Lipinski definition) is 6. The van der Waals surface area contributed by atoms with Crippen molar-refractivity contribution in [2.75, 3.05) is 29.9 Å². The van der Waals surface area contributed by atoms with Gasteiger partial charge < -0.3 is 19.7 Å². The standard InChI is InChI=1S/C30H34ClN3O6S/c1-3-16-32-30(36)26(17-22-10-6-5-7-11-22)33(19-23-12-8-9-13-25(23)31)29(35)20-34(41(37,38)4-2)24-14-15-27-28(18-24)40-21-39-27/h5-15,18,26H,3-4,16-17,19-21H2,1-2H3,(H,32,36). The highest BCUT2D eigenvalue weighted by Crippen LogP contribution is 2.36. The Morgan fingerprint density at radius 1 is 0.976 bits per heavy atom. The number of carbonyl (C=O) groups excluding carboxylic acids is 2. The first-order valence-electron chi connectivity index (χ1n) is 13.5. The summed E-state index contributed by atoms with van der Waals surface area (Å²) < 4.78 is 38.4. The number of benzene rings is 3. The molecule has 0 radical (unpaired) electrons. The van der Waals surface area contributed by atoms with Crippen molar-refractivity contribution in [1.29, 1.82) is 0 Å². The molecule has 0 aromatic heterocycles. The molecule has 0 fully saturated rings. The summed E-state index contributed by atoms with van der Waals surface area (Å²) in [5.41, 5.74) is 1.75. The van der Waals surface area contributed by atoms with E-state index in [4.69, 9.17) is 21.1 Å². The fourth-order valence-corrected chi connectivity index (χ4v) is 5.74. The third-order valence-electron chi connectivity index (χ3n) is 6.74. The predicted octanol–water partition coefficient (Wildman–Crippen LogP) is 4.39. The second kappa shape index (κ2) is 13.7. The van der Waals surface area contributed by atoms with Gasteiger partial charge in [0.15, 0.2) is 11.5 Å². The van der Waals surface area contributed by atoms with Crippen molar-refractivity contribution in [3.05, 3.63) is 88.9 Å². The third-order valence-corrected chi connectivity index (χ3v) is 8.85. The summed E-state index contributed by atoms with van der Waals surface area (Å²) in [6.45, 7) is 3.41. The van der Waals surface area contributed by atoms with Crippen LogP contribution in [0.25, 0.3) is 0 Å². The zero-order valence-corrected chi connectivity index (χ0v) is 24.7. The van der Waals surface area contributed by atoms with Gasteiger partial charge in [0, 0.05) is 30.6 Å². The van der Waals surface area contributed by atoms with Crippen LogP contribution < -0.4 is 19.1 Å². The lowest BCUT2D eigenvalue weighted by atomic mass is 10.0. The molecule has 1 atom stereocenters. The van der Waals surface area contributed by atoms with E-state index in [9.17, 15) is 18.0 Å². The van der Waals surface area contributed by atoms with Crippen molar-refractivity contribution in [3.63, 3.8) is 0 Å². The Balaban J connectivity index is 1.74. The van der Waals surface area contributed by atoms with Crippen LogP contribution in [0, 0.1) is 0 Å². The third kappa shape index (κ3) is 7.51. The predicted molar refractivity (Wildman–Crippen MR) is 159 cm³/mol. The fraction of sp³-hybridized carbons (Fsp3) is 0.333. The normalized spacial score (nSPS) is 13.0. The Morgan fingerprint density at radius 2 is 1.68 bits per heavy atom. The lowest BCUT2D eigenvalue weighted by Crippen LogP contribution is -2.53. The number of nitrogens with zero attached hydrogens (tertiary/aromatic N) is 2. The average molecular weight is 600 g/mol. The molecule has 3 aromatic carbocycles. The second-order valence-corrected chi connectivity index (χ2v) is 12.1. The minimum absolute atomic E-state index is 0.0106. The number of ether oxygens (including phenoxy) is 2. The van der Waals surface area contributed by atoms with E-state index >= 15 is 0 Å². The van der Waals surface area contributed by atoms with Crippen molar-refractivity contribution < 1.29 is 27.5 Å². The number of amides is 2. The highest BCUT2D eigenvalue weighted by Gasteiger charge is 2.34. The van der Waals surface area contributed by atoms with Crippen molar-refractivity contribution in [3.8, 4) is 11.5 Å². The Bertz CT molecular complexity index is 1470. The first-order chi connectivity index (χ1) is 19.7. The van der Waals surface area contributed by atoms with E-state index in [-0.39, 0.29) is 37.1 Å². The van der Waals surface area contributed by atoms with E-state index in [1.54, 1.807) is 36.4 Å². The number of anilines is 1. The topological polar surface area (TPSA) is 105 Å². The van der Waals surface area contributed by atoms with Crippen LogP contribution >= 0.6 is 11.6 Å². The molecule has 0 spiro atoms. The number of halogens is 1. The molecule has 1 aliphatic rings. The summed E-state index contributed by atoms with van der Waals surface area (Å²) in [5.74, 6) is -0.231. The van der Waals surface area contributed by atoms with Crippen LogP contribution in [-0.2, 0) is 32.6 Å². The molecule has 0 bridgehead atoms. The molecule has 2 amide bonds. The summed E-state index contributed by atoms with van der Waals surface area (Å²) >= 11 is 6.48. The van der Waals surface area contributed by atoms with Gasteiger partial charge in [-0.15, -0.1) is 0 Å². The molecular formula is C30H34ClN3O6S. The molecule has 1 unspecified atom stereocenters. The van der Waals surface area contributed by atoms with Gasteiger partial charge in [0.1, 0.15) is 12.6 Å². The minimum atomic E-state index is -3.90. The van der Waals surface area contributed by atoms with Gasteiger partial charge in [0.2, 0.25) is 28.6 Å². The molecule has 11 heteroatoms. The molecule has 218 valence electrons. The smallest absolute Gasteiger partial charge is 0.244 e. The van der Waals surface area contributed by atoms with Gasteiger partial charge in [-0.25, -0.2) is 8.42 Å². The van der Waals surface area contributed by atoms with Gasteiger partial charge in [-0.1, -0.05) is 67.1 Å². The van der Waals surface area contributed by atoms with E-state index in [1.807, 2.05) is 37.3 Å². The number of hydrogen-bond donors (Lipinski definition) is 1. The first kappa shape index (κ1) is 30.2. The molecule has 1 heterocycles. The molecule has 1 aliphatic heterocycles. The van der Waals surface area contributed by atoms with Crippen LogP contribution in [0.5, 0.6) is 11.5 Å². The van der Waals surface area contributed by atoms with Crippen LogP contribution in [0.4, 0.5) is 5.69 Å². The Morgan fingerprint density at radius 3 is 2.39 bits per heavy atom. The van der Waals surface area contributed by atoms with E-state index in [2.05, 4.69) is 5.32 Å². The van der Waals surface area contributed by atoms with Gasteiger partial charge in [-0.3, -0.25) is 13.9 Å². The highest BCUT2D eigenvalue weighted by molar-refractivity contribution is 7.92. The maximum Gasteiger partial charge on any atom is 0.244 e. The van der Waals surface area contributed by atoms with Crippen molar-refractivity contribution in [2.45, 2.75) is 39.3 Å². The lowest BCUT2D eigenvalue weighted by molar-refractivity contribution is -0.140. The number of fused-ring (bicyclic) bond motifs is 1. The number of sulfonamides is 1.